The number of rotatable bonds is 7. The van der Waals surface area contributed by atoms with Gasteiger partial charge >= 0.3 is 0 Å². The van der Waals surface area contributed by atoms with Crippen molar-refractivity contribution in [3.05, 3.63) is 59.1 Å². The zero-order valence-electron chi connectivity index (χ0n) is 11.2. The molecule has 0 spiro atoms. The molecular weight excluding hydrogens is 274 g/mol. The molecule has 2 rings (SSSR count). The number of benzene rings is 2. The average Bonchev–Trinajstić information content (AvgIpc) is 2.48. The van der Waals surface area contributed by atoms with E-state index in [9.17, 15) is 0 Å². The normalized spacial score (nSPS) is 10.3. The number of nitrogens with two attached hydrogens (primary N) is 1. The molecule has 0 aliphatic rings. The molecule has 0 heterocycles. The molecule has 0 radical (unpaired) electrons. The molecule has 4 heteroatoms. The lowest BCUT2D eigenvalue weighted by atomic mass is 10.2. The van der Waals surface area contributed by atoms with Gasteiger partial charge in [-0.15, -0.1) is 0 Å². The van der Waals surface area contributed by atoms with Crippen molar-refractivity contribution in [2.45, 2.75) is 13.0 Å². The largest absolute Gasteiger partial charge is 0.494 e. The Kier molecular flexibility index (Phi) is 5.71. The molecule has 0 saturated heterocycles. The van der Waals surface area contributed by atoms with Crippen LogP contribution in [0.1, 0.15) is 12.0 Å². The van der Waals surface area contributed by atoms with Gasteiger partial charge in [-0.2, -0.15) is 0 Å². The Morgan fingerprint density at radius 2 is 1.55 bits per heavy atom. The fourth-order valence-corrected chi connectivity index (χ4v) is 1.87. The summed E-state index contributed by atoms with van der Waals surface area (Å²) in [5.41, 5.74) is 6.38. The Labute approximate surface area is 124 Å². The first kappa shape index (κ1) is 14.7. The van der Waals surface area contributed by atoms with Gasteiger partial charge in [0, 0.05) is 10.6 Å². The van der Waals surface area contributed by atoms with Crippen molar-refractivity contribution in [3.63, 3.8) is 0 Å². The second-order valence-electron chi connectivity index (χ2n) is 4.34. The molecule has 0 amide bonds. The molecule has 0 fully saturated rings. The van der Waals surface area contributed by atoms with E-state index in [1.54, 1.807) is 0 Å². The second-order valence-corrected chi connectivity index (χ2v) is 4.75. The molecule has 2 N–H and O–H groups in total. The summed E-state index contributed by atoms with van der Waals surface area (Å²) in [4.78, 5) is 0. The van der Waals surface area contributed by atoms with E-state index in [1.807, 2.05) is 48.5 Å². The SMILES string of the molecule is NCCCOc1ccc(OCc2ccccc2Cl)cc1. The first-order chi connectivity index (χ1) is 9.79. The number of ether oxygens (including phenoxy) is 2. The van der Waals surface area contributed by atoms with Gasteiger partial charge < -0.3 is 15.2 Å². The van der Waals surface area contributed by atoms with Crippen molar-refractivity contribution in [3.8, 4) is 11.5 Å². The third kappa shape index (κ3) is 4.44. The van der Waals surface area contributed by atoms with Crippen molar-refractivity contribution in [2.75, 3.05) is 13.2 Å². The van der Waals surface area contributed by atoms with Crippen molar-refractivity contribution in [1.29, 1.82) is 0 Å². The molecule has 0 aliphatic carbocycles. The number of halogens is 1. The predicted molar refractivity (Wildman–Crippen MR) is 81.4 cm³/mol. The molecule has 2 aromatic rings. The van der Waals surface area contributed by atoms with Gasteiger partial charge in [-0.1, -0.05) is 29.8 Å². The van der Waals surface area contributed by atoms with Gasteiger partial charge in [0.05, 0.1) is 6.61 Å². The van der Waals surface area contributed by atoms with E-state index >= 15 is 0 Å². The number of hydrogen-bond donors (Lipinski definition) is 1. The second kappa shape index (κ2) is 7.78. The van der Waals surface area contributed by atoms with Crippen LogP contribution in [0.4, 0.5) is 0 Å². The molecule has 3 nitrogen and oxygen atoms in total. The van der Waals surface area contributed by atoms with Gasteiger partial charge in [0.2, 0.25) is 0 Å². The fraction of sp³-hybridized carbons (Fsp3) is 0.250. The number of hydrogen-bond acceptors (Lipinski definition) is 3. The average molecular weight is 292 g/mol. The minimum atomic E-state index is 0.451. The topological polar surface area (TPSA) is 44.5 Å². The zero-order chi connectivity index (χ0) is 14.2. The van der Waals surface area contributed by atoms with Crippen LogP contribution in [0.5, 0.6) is 11.5 Å². The minimum absolute atomic E-state index is 0.451. The van der Waals surface area contributed by atoms with E-state index in [4.69, 9.17) is 26.8 Å². The zero-order valence-corrected chi connectivity index (χ0v) is 12.0. The third-order valence-electron chi connectivity index (χ3n) is 2.79. The van der Waals surface area contributed by atoms with Crippen LogP contribution in [0.2, 0.25) is 5.02 Å². The molecule has 106 valence electrons. The van der Waals surface area contributed by atoms with Crippen LogP contribution in [-0.4, -0.2) is 13.2 Å². The fourth-order valence-electron chi connectivity index (χ4n) is 1.68. The van der Waals surface area contributed by atoms with Gasteiger partial charge in [-0.3, -0.25) is 0 Å². The van der Waals surface area contributed by atoms with Crippen LogP contribution in [0.15, 0.2) is 48.5 Å². The molecule has 0 aliphatic heterocycles. The van der Waals surface area contributed by atoms with E-state index in [0.29, 0.717) is 24.8 Å². The predicted octanol–water partition coefficient (Wildman–Crippen LogP) is 3.65. The van der Waals surface area contributed by atoms with Crippen molar-refractivity contribution in [1.82, 2.24) is 0 Å². The molecule has 2 aromatic carbocycles. The molecule has 0 saturated carbocycles. The lowest BCUT2D eigenvalue weighted by molar-refractivity contribution is 0.300. The molecular formula is C16H18ClNO2. The quantitative estimate of drug-likeness (QED) is 0.792. The molecule has 0 unspecified atom stereocenters. The van der Waals surface area contributed by atoms with Gasteiger partial charge in [0.15, 0.2) is 0 Å². The van der Waals surface area contributed by atoms with E-state index in [-0.39, 0.29) is 0 Å². The van der Waals surface area contributed by atoms with Crippen molar-refractivity contribution in [2.24, 2.45) is 5.73 Å². The van der Waals surface area contributed by atoms with Crippen LogP contribution in [0.3, 0.4) is 0 Å². The summed E-state index contributed by atoms with van der Waals surface area (Å²) >= 11 is 6.08. The Bertz CT molecular complexity index is 528. The van der Waals surface area contributed by atoms with E-state index < -0.39 is 0 Å². The molecule has 0 bridgehead atoms. The highest BCUT2D eigenvalue weighted by molar-refractivity contribution is 6.31. The van der Waals surface area contributed by atoms with Crippen molar-refractivity contribution < 1.29 is 9.47 Å². The summed E-state index contributed by atoms with van der Waals surface area (Å²) in [6, 6.07) is 15.2. The summed E-state index contributed by atoms with van der Waals surface area (Å²) in [6.07, 6.45) is 0.852. The maximum Gasteiger partial charge on any atom is 0.120 e. The smallest absolute Gasteiger partial charge is 0.120 e. The first-order valence-electron chi connectivity index (χ1n) is 6.59. The third-order valence-corrected chi connectivity index (χ3v) is 3.16. The van der Waals surface area contributed by atoms with E-state index in [0.717, 1.165) is 23.5 Å². The maximum atomic E-state index is 6.08. The van der Waals surface area contributed by atoms with Crippen LogP contribution < -0.4 is 15.2 Å². The Hall–Kier alpha value is -1.71. The van der Waals surface area contributed by atoms with Gasteiger partial charge in [-0.25, -0.2) is 0 Å². The van der Waals surface area contributed by atoms with Crippen molar-refractivity contribution >= 4 is 11.6 Å². The van der Waals surface area contributed by atoms with Gasteiger partial charge in [-0.05, 0) is 43.3 Å². The van der Waals surface area contributed by atoms with Crippen LogP contribution in [0, 0.1) is 0 Å². The van der Waals surface area contributed by atoms with Crippen LogP contribution >= 0.6 is 11.6 Å². The highest BCUT2D eigenvalue weighted by Crippen LogP contribution is 2.21. The summed E-state index contributed by atoms with van der Waals surface area (Å²) in [6.45, 7) is 1.72. The van der Waals surface area contributed by atoms with Gasteiger partial charge in [0.1, 0.15) is 18.1 Å². The van der Waals surface area contributed by atoms with E-state index in [1.165, 1.54) is 0 Å². The summed E-state index contributed by atoms with van der Waals surface area (Å²) in [5, 5.41) is 0.717. The highest BCUT2D eigenvalue weighted by atomic mass is 35.5. The van der Waals surface area contributed by atoms with Crippen LogP contribution in [-0.2, 0) is 6.61 Å². The molecule has 20 heavy (non-hydrogen) atoms. The van der Waals surface area contributed by atoms with Gasteiger partial charge in [0.25, 0.3) is 0 Å². The lowest BCUT2D eigenvalue weighted by Crippen LogP contribution is -2.06. The monoisotopic (exact) mass is 291 g/mol. The molecule has 0 atom stereocenters. The summed E-state index contributed by atoms with van der Waals surface area (Å²) in [5.74, 6) is 1.61. The Morgan fingerprint density at radius 1 is 0.900 bits per heavy atom. The lowest BCUT2D eigenvalue weighted by Gasteiger charge is -2.09. The maximum absolute atomic E-state index is 6.08. The minimum Gasteiger partial charge on any atom is -0.494 e. The summed E-state index contributed by atoms with van der Waals surface area (Å²) < 4.78 is 11.2. The first-order valence-corrected chi connectivity index (χ1v) is 6.96. The molecule has 0 aromatic heterocycles. The Balaban J connectivity index is 1.86. The van der Waals surface area contributed by atoms with Crippen LogP contribution in [0.25, 0.3) is 0 Å². The Morgan fingerprint density at radius 3 is 2.20 bits per heavy atom. The highest BCUT2D eigenvalue weighted by Gasteiger charge is 2.01. The van der Waals surface area contributed by atoms with E-state index in [2.05, 4.69) is 0 Å². The summed E-state index contributed by atoms with van der Waals surface area (Å²) in [7, 11) is 0. The standard InChI is InChI=1S/C16H18ClNO2/c17-16-5-2-1-4-13(16)12-20-15-8-6-14(7-9-15)19-11-3-10-18/h1-2,4-9H,3,10-12,18H2.